The summed E-state index contributed by atoms with van der Waals surface area (Å²) >= 11 is 0. The molecule has 0 spiro atoms. The lowest BCUT2D eigenvalue weighted by molar-refractivity contribution is 0.407. The number of hydrogen-bond donors (Lipinski definition) is 1. The van der Waals surface area contributed by atoms with Gasteiger partial charge in [-0.3, -0.25) is 0 Å². The van der Waals surface area contributed by atoms with Crippen molar-refractivity contribution in [2.45, 2.75) is 53.5 Å². The van der Waals surface area contributed by atoms with Crippen LogP contribution in [-0.4, -0.2) is 9.55 Å². The number of rotatable bonds is 5. The van der Waals surface area contributed by atoms with E-state index in [1.165, 1.54) is 0 Å². The quantitative estimate of drug-likeness (QED) is 0.877. The lowest BCUT2D eigenvalue weighted by atomic mass is 9.90. The molecule has 3 nitrogen and oxygen atoms in total. The van der Waals surface area contributed by atoms with Gasteiger partial charge in [0.25, 0.3) is 0 Å². The zero-order valence-corrected chi connectivity index (χ0v) is 13.7. The van der Waals surface area contributed by atoms with Crippen LogP contribution in [0.4, 0.5) is 5.82 Å². The first-order valence-corrected chi connectivity index (χ1v) is 7.82. The fourth-order valence-electron chi connectivity index (χ4n) is 2.50. The molecule has 0 aliphatic rings. The Balaban J connectivity index is 2.44. The zero-order valence-electron chi connectivity index (χ0n) is 13.7. The van der Waals surface area contributed by atoms with E-state index in [1.54, 1.807) is 0 Å². The minimum Gasteiger partial charge on any atom is -0.384 e. The van der Waals surface area contributed by atoms with Crippen LogP contribution >= 0.6 is 0 Å². The third kappa shape index (κ3) is 3.87. The summed E-state index contributed by atoms with van der Waals surface area (Å²) in [6.07, 6.45) is 3.17. The predicted molar refractivity (Wildman–Crippen MR) is 90.1 cm³/mol. The van der Waals surface area contributed by atoms with Crippen LogP contribution in [0, 0.1) is 5.41 Å². The third-order valence-electron chi connectivity index (χ3n) is 3.55. The molecule has 0 saturated carbocycles. The standard InChI is InChI=1S/C18H27N3/c1-5-6-12-21-16(19)15(13-18(2,3)4)20-17(21)14-10-8-7-9-11-14/h7-11H,5-6,12-13,19H2,1-4H3. The van der Waals surface area contributed by atoms with E-state index >= 15 is 0 Å². The van der Waals surface area contributed by atoms with Gasteiger partial charge in [0.1, 0.15) is 11.6 Å². The van der Waals surface area contributed by atoms with Gasteiger partial charge in [-0.15, -0.1) is 0 Å². The van der Waals surface area contributed by atoms with Crippen LogP contribution in [0.3, 0.4) is 0 Å². The van der Waals surface area contributed by atoms with Crippen molar-refractivity contribution in [2.24, 2.45) is 5.41 Å². The molecule has 3 heteroatoms. The van der Waals surface area contributed by atoms with Crippen LogP contribution in [0.5, 0.6) is 0 Å². The molecular weight excluding hydrogens is 258 g/mol. The second-order valence-electron chi connectivity index (χ2n) is 6.88. The summed E-state index contributed by atoms with van der Waals surface area (Å²) in [6, 6.07) is 10.3. The number of nitrogens with zero attached hydrogens (tertiary/aromatic N) is 2. The number of hydrogen-bond acceptors (Lipinski definition) is 2. The van der Waals surface area contributed by atoms with Gasteiger partial charge in [-0.2, -0.15) is 0 Å². The highest BCUT2D eigenvalue weighted by Crippen LogP contribution is 2.29. The van der Waals surface area contributed by atoms with E-state index < -0.39 is 0 Å². The number of benzene rings is 1. The maximum atomic E-state index is 6.39. The van der Waals surface area contributed by atoms with Crippen molar-refractivity contribution in [1.82, 2.24) is 9.55 Å². The van der Waals surface area contributed by atoms with E-state index in [1.807, 2.05) is 18.2 Å². The van der Waals surface area contributed by atoms with E-state index in [-0.39, 0.29) is 5.41 Å². The molecular formula is C18H27N3. The SMILES string of the molecule is CCCCn1c(-c2ccccc2)nc(CC(C)(C)C)c1N. The van der Waals surface area contributed by atoms with Gasteiger partial charge in [-0.25, -0.2) is 4.98 Å². The Kier molecular flexibility index (Phi) is 4.71. The lowest BCUT2D eigenvalue weighted by Gasteiger charge is -2.16. The second-order valence-corrected chi connectivity index (χ2v) is 6.88. The third-order valence-corrected chi connectivity index (χ3v) is 3.55. The minimum atomic E-state index is 0.187. The highest BCUT2D eigenvalue weighted by molar-refractivity contribution is 5.60. The molecule has 0 aliphatic carbocycles. The number of nitrogens with two attached hydrogens (primary N) is 1. The Hall–Kier alpha value is -1.77. The Bertz CT molecular complexity index is 577. The summed E-state index contributed by atoms with van der Waals surface area (Å²) in [4.78, 5) is 4.86. The number of imidazole rings is 1. The Morgan fingerprint density at radius 1 is 1.14 bits per heavy atom. The summed E-state index contributed by atoms with van der Waals surface area (Å²) in [5.74, 6) is 1.83. The topological polar surface area (TPSA) is 43.8 Å². The lowest BCUT2D eigenvalue weighted by Crippen LogP contribution is -2.12. The number of anilines is 1. The van der Waals surface area contributed by atoms with Crippen LogP contribution < -0.4 is 5.73 Å². The average molecular weight is 285 g/mol. The first-order valence-electron chi connectivity index (χ1n) is 7.82. The molecule has 0 radical (unpaired) electrons. The molecule has 0 bridgehead atoms. The molecule has 0 saturated heterocycles. The van der Waals surface area contributed by atoms with Gasteiger partial charge in [-0.1, -0.05) is 64.4 Å². The highest BCUT2D eigenvalue weighted by Gasteiger charge is 2.20. The molecule has 0 atom stereocenters. The van der Waals surface area contributed by atoms with Gasteiger partial charge < -0.3 is 10.3 Å². The van der Waals surface area contributed by atoms with Gasteiger partial charge in [0, 0.05) is 12.1 Å². The van der Waals surface area contributed by atoms with Crippen molar-refractivity contribution >= 4 is 5.82 Å². The van der Waals surface area contributed by atoms with Crippen molar-refractivity contribution in [3.8, 4) is 11.4 Å². The van der Waals surface area contributed by atoms with Crippen molar-refractivity contribution < 1.29 is 0 Å². The van der Waals surface area contributed by atoms with Crippen molar-refractivity contribution in [1.29, 1.82) is 0 Å². The first kappa shape index (κ1) is 15.6. The summed E-state index contributed by atoms with van der Waals surface area (Å²) < 4.78 is 2.18. The fourth-order valence-corrected chi connectivity index (χ4v) is 2.50. The van der Waals surface area contributed by atoms with Crippen molar-refractivity contribution in [2.75, 3.05) is 5.73 Å². The number of unbranched alkanes of at least 4 members (excludes halogenated alkanes) is 1. The van der Waals surface area contributed by atoms with Crippen LogP contribution in [0.1, 0.15) is 46.2 Å². The summed E-state index contributed by atoms with van der Waals surface area (Å²) in [5, 5.41) is 0. The fraction of sp³-hybridized carbons (Fsp3) is 0.500. The molecule has 0 fully saturated rings. The Morgan fingerprint density at radius 2 is 1.81 bits per heavy atom. The number of aromatic nitrogens is 2. The molecule has 0 amide bonds. The van der Waals surface area contributed by atoms with E-state index in [4.69, 9.17) is 10.7 Å². The zero-order chi connectivity index (χ0) is 15.5. The minimum absolute atomic E-state index is 0.187. The highest BCUT2D eigenvalue weighted by atomic mass is 15.1. The van der Waals surface area contributed by atoms with E-state index in [0.717, 1.165) is 48.7 Å². The molecule has 0 aliphatic heterocycles. The van der Waals surface area contributed by atoms with E-state index in [0.29, 0.717) is 0 Å². The van der Waals surface area contributed by atoms with Crippen molar-refractivity contribution in [3.05, 3.63) is 36.0 Å². The molecule has 1 heterocycles. The van der Waals surface area contributed by atoms with Crippen molar-refractivity contribution in [3.63, 3.8) is 0 Å². The molecule has 1 aromatic carbocycles. The maximum Gasteiger partial charge on any atom is 0.141 e. The second kappa shape index (κ2) is 6.33. The smallest absolute Gasteiger partial charge is 0.141 e. The largest absolute Gasteiger partial charge is 0.384 e. The van der Waals surface area contributed by atoms with Crippen LogP contribution in [0.15, 0.2) is 30.3 Å². The molecule has 2 aromatic rings. The van der Waals surface area contributed by atoms with E-state index in [9.17, 15) is 0 Å². The molecule has 0 unspecified atom stereocenters. The van der Waals surface area contributed by atoms with Crippen LogP contribution in [-0.2, 0) is 13.0 Å². The predicted octanol–water partition coefficient (Wildman–Crippen LogP) is 4.52. The van der Waals surface area contributed by atoms with Gasteiger partial charge in [0.2, 0.25) is 0 Å². The van der Waals surface area contributed by atoms with Gasteiger partial charge in [0.05, 0.1) is 5.69 Å². The normalized spacial score (nSPS) is 11.8. The van der Waals surface area contributed by atoms with E-state index in [2.05, 4.69) is 44.4 Å². The monoisotopic (exact) mass is 285 g/mol. The van der Waals surface area contributed by atoms with Gasteiger partial charge in [-0.05, 0) is 18.3 Å². The summed E-state index contributed by atoms with van der Waals surface area (Å²) in [7, 11) is 0. The Morgan fingerprint density at radius 3 is 2.38 bits per heavy atom. The summed E-state index contributed by atoms with van der Waals surface area (Å²) in [5.41, 5.74) is 8.74. The molecule has 21 heavy (non-hydrogen) atoms. The van der Waals surface area contributed by atoms with Gasteiger partial charge in [0.15, 0.2) is 0 Å². The van der Waals surface area contributed by atoms with Gasteiger partial charge >= 0.3 is 0 Å². The van der Waals surface area contributed by atoms with Crippen LogP contribution in [0.2, 0.25) is 0 Å². The number of nitrogen functional groups attached to an aromatic ring is 1. The molecule has 114 valence electrons. The molecule has 2 rings (SSSR count). The first-order chi connectivity index (χ1) is 9.92. The van der Waals surface area contributed by atoms with Crippen LogP contribution in [0.25, 0.3) is 11.4 Å². The summed E-state index contributed by atoms with van der Waals surface area (Å²) in [6.45, 7) is 9.80. The molecule has 1 aromatic heterocycles. The molecule has 2 N–H and O–H groups in total. The Labute approximate surface area is 128 Å². The maximum absolute atomic E-state index is 6.39. The average Bonchev–Trinajstić information content (AvgIpc) is 2.73.